The molecule has 0 aliphatic carbocycles. The van der Waals surface area contributed by atoms with E-state index in [9.17, 15) is 4.79 Å². The third-order valence-corrected chi connectivity index (χ3v) is 3.82. The van der Waals surface area contributed by atoms with Gasteiger partial charge in [-0.3, -0.25) is 4.79 Å². The van der Waals surface area contributed by atoms with Crippen LogP contribution in [0.3, 0.4) is 0 Å². The Morgan fingerprint density at radius 2 is 1.64 bits per heavy atom. The van der Waals surface area contributed by atoms with Crippen molar-refractivity contribution in [3.8, 4) is 5.75 Å². The minimum Gasteiger partial charge on any atom is -0.493 e. The molecule has 0 aromatic heterocycles. The maximum atomic E-state index is 12.2. The van der Waals surface area contributed by atoms with E-state index in [4.69, 9.17) is 4.74 Å². The quantitative estimate of drug-likeness (QED) is 0.768. The first-order valence-corrected chi connectivity index (χ1v) is 8.69. The lowest BCUT2D eigenvalue weighted by molar-refractivity contribution is -0.114. The van der Waals surface area contributed by atoms with Crippen LogP contribution in [0.1, 0.15) is 30.5 Å². The van der Waals surface area contributed by atoms with E-state index in [1.54, 1.807) is 0 Å². The van der Waals surface area contributed by atoms with Gasteiger partial charge in [0.1, 0.15) is 5.75 Å². The molecule has 0 atom stereocenters. The highest BCUT2D eigenvalue weighted by Crippen LogP contribution is 2.22. The van der Waals surface area contributed by atoms with Gasteiger partial charge >= 0.3 is 0 Å². The van der Waals surface area contributed by atoms with Crippen LogP contribution in [0.15, 0.2) is 36.4 Å². The number of ether oxygens (including phenoxy) is 1. The number of carbonyl (C=O) groups is 1. The minimum absolute atomic E-state index is 0.0739. The van der Waals surface area contributed by atoms with E-state index in [-0.39, 0.29) is 12.5 Å². The highest BCUT2D eigenvalue weighted by molar-refractivity contribution is 5.94. The van der Waals surface area contributed by atoms with Crippen molar-refractivity contribution in [2.45, 2.75) is 34.6 Å². The molecule has 0 unspecified atom stereocenters. The number of rotatable bonds is 7. The van der Waals surface area contributed by atoms with Gasteiger partial charge in [-0.15, -0.1) is 0 Å². The fourth-order valence-electron chi connectivity index (χ4n) is 2.73. The summed E-state index contributed by atoms with van der Waals surface area (Å²) >= 11 is 0. The second-order valence-corrected chi connectivity index (χ2v) is 6.90. The third-order valence-electron chi connectivity index (χ3n) is 3.82. The van der Waals surface area contributed by atoms with E-state index in [2.05, 4.69) is 57.4 Å². The summed E-state index contributed by atoms with van der Waals surface area (Å²) in [6.07, 6.45) is 0. The summed E-state index contributed by atoms with van der Waals surface area (Å²) in [5.41, 5.74) is 5.32. The van der Waals surface area contributed by atoms with Gasteiger partial charge in [-0.1, -0.05) is 31.5 Å². The number of nitrogens with one attached hydrogen (secondary N) is 2. The predicted octanol–water partition coefficient (Wildman–Crippen LogP) is 4.70. The lowest BCUT2D eigenvalue weighted by Gasteiger charge is -2.14. The van der Waals surface area contributed by atoms with E-state index in [1.807, 2.05) is 24.3 Å². The number of anilines is 2. The molecule has 0 spiro atoms. The average Bonchev–Trinajstić information content (AvgIpc) is 2.53. The molecule has 2 aromatic rings. The summed E-state index contributed by atoms with van der Waals surface area (Å²) in [5.74, 6) is 1.23. The number of hydrogen-bond donors (Lipinski definition) is 2. The molecule has 2 rings (SSSR count). The summed E-state index contributed by atoms with van der Waals surface area (Å²) in [5, 5.41) is 6.13. The van der Waals surface area contributed by atoms with E-state index >= 15 is 0 Å². The van der Waals surface area contributed by atoms with Crippen LogP contribution >= 0.6 is 0 Å². The fraction of sp³-hybridized carbons (Fsp3) is 0.381. The molecule has 0 saturated carbocycles. The van der Waals surface area contributed by atoms with Crippen LogP contribution in [0.5, 0.6) is 5.75 Å². The van der Waals surface area contributed by atoms with Crippen LogP contribution in [-0.4, -0.2) is 19.1 Å². The van der Waals surface area contributed by atoms with Crippen molar-refractivity contribution in [1.29, 1.82) is 0 Å². The molecule has 2 N–H and O–H groups in total. The maximum absolute atomic E-state index is 12.2. The largest absolute Gasteiger partial charge is 0.493 e. The molecule has 134 valence electrons. The van der Waals surface area contributed by atoms with Gasteiger partial charge in [-0.2, -0.15) is 0 Å². The Labute approximate surface area is 150 Å². The van der Waals surface area contributed by atoms with Gasteiger partial charge in [-0.25, -0.2) is 0 Å². The first-order chi connectivity index (χ1) is 11.8. The van der Waals surface area contributed by atoms with Crippen molar-refractivity contribution in [2.75, 3.05) is 23.8 Å². The Morgan fingerprint density at radius 3 is 2.20 bits per heavy atom. The third kappa shape index (κ3) is 5.82. The summed E-state index contributed by atoms with van der Waals surface area (Å²) in [6, 6.07) is 11.7. The lowest BCUT2D eigenvalue weighted by Crippen LogP contribution is -2.22. The number of aryl methyl sites for hydroxylation is 3. The number of hydrogen-bond acceptors (Lipinski definition) is 3. The van der Waals surface area contributed by atoms with Crippen LogP contribution in [0.2, 0.25) is 0 Å². The van der Waals surface area contributed by atoms with E-state index in [0.717, 1.165) is 28.3 Å². The van der Waals surface area contributed by atoms with Gasteiger partial charge in [0.05, 0.1) is 13.2 Å². The van der Waals surface area contributed by atoms with Gasteiger partial charge in [-0.05, 0) is 62.1 Å². The number of benzene rings is 2. The van der Waals surface area contributed by atoms with Crippen LogP contribution in [0.25, 0.3) is 0 Å². The van der Waals surface area contributed by atoms with Crippen molar-refractivity contribution in [3.63, 3.8) is 0 Å². The molecule has 4 nitrogen and oxygen atoms in total. The maximum Gasteiger partial charge on any atom is 0.243 e. The van der Waals surface area contributed by atoms with Gasteiger partial charge in [0.15, 0.2) is 0 Å². The van der Waals surface area contributed by atoms with Gasteiger partial charge < -0.3 is 15.4 Å². The molecule has 0 aliphatic rings. The fourth-order valence-corrected chi connectivity index (χ4v) is 2.73. The topological polar surface area (TPSA) is 50.4 Å². The van der Waals surface area contributed by atoms with Gasteiger partial charge in [0, 0.05) is 11.4 Å². The Morgan fingerprint density at radius 1 is 1.04 bits per heavy atom. The molecule has 0 radical (unpaired) electrons. The molecule has 2 aromatic carbocycles. The summed E-state index contributed by atoms with van der Waals surface area (Å²) in [4.78, 5) is 12.2. The first-order valence-electron chi connectivity index (χ1n) is 8.69. The van der Waals surface area contributed by atoms with Crippen molar-refractivity contribution in [3.05, 3.63) is 53.1 Å². The van der Waals surface area contributed by atoms with Crippen molar-refractivity contribution < 1.29 is 9.53 Å². The molecule has 0 saturated heterocycles. The number of carbonyl (C=O) groups excluding carboxylic acids is 1. The standard InChI is InChI=1S/C21H28N2O2/c1-14(2)13-25-19-8-6-18(7-9-19)23-20(24)12-22-21-16(4)10-15(3)11-17(21)5/h6-11,14,22H,12-13H2,1-5H3,(H,23,24). The second-order valence-electron chi connectivity index (χ2n) is 6.90. The summed E-state index contributed by atoms with van der Waals surface area (Å²) < 4.78 is 5.64. The smallest absolute Gasteiger partial charge is 0.243 e. The molecule has 25 heavy (non-hydrogen) atoms. The van der Waals surface area contributed by atoms with Crippen molar-refractivity contribution >= 4 is 17.3 Å². The second kappa shape index (κ2) is 8.56. The monoisotopic (exact) mass is 340 g/mol. The van der Waals surface area contributed by atoms with Crippen LogP contribution in [-0.2, 0) is 4.79 Å². The van der Waals surface area contributed by atoms with Crippen LogP contribution in [0, 0.1) is 26.7 Å². The molecular weight excluding hydrogens is 312 g/mol. The Balaban J connectivity index is 1.88. The molecule has 0 aliphatic heterocycles. The van der Waals surface area contributed by atoms with Crippen molar-refractivity contribution in [1.82, 2.24) is 0 Å². The highest BCUT2D eigenvalue weighted by atomic mass is 16.5. The number of amides is 1. The summed E-state index contributed by atoms with van der Waals surface area (Å²) in [6.45, 7) is 11.3. The molecule has 1 amide bonds. The van der Waals surface area contributed by atoms with Gasteiger partial charge in [0.2, 0.25) is 5.91 Å². The SMILES string of the molecule is Cc1cc(C)c(NCC(=O)Nc2ccc(OCC(C)C)cc2)c(C)c1. The predicted molar refractivity (Wildman–Crippen MR) is 105 cm³/mol. The first kappa shape index (κ1) is 18.8. The Kier molecular flexibility index (Phi) is 6.45. The zero-order valence-corrected chi connectivity index (χ0v) is 15.8. The Bertz CT molecular complexity index is 698. The molecular formula is C21H28N2O2. The lowest BCUT2D eigenvalue weighted by atomic mass is 10.1. The van der Waals surface area contributed by atoms with E-state index in [0.29, 0.717) is 12.5 Å². The minimum atomic E-state index is -0.0739. The van der Waals surface area contributed by atoms with Gasteiger partial charge in [0.25, 0.3) is 0 Å². The van der Waals surface area contributed by atoms with Crippen LogP contribution < -0.4 is 15.4 Å². The molecule has 0 fully saturated rings. The van der Waals surface area contributed by atoms with E-state index < -0.39 is 0 Å². The zero-order chi connectivity index (χ0) is 18.4. The highest BCUT2D eigenvalue weighted by Gasteiger charge is 2.07. The molecule has 4 heteroatoms. The van der Waals surface area contributed by atoms with Crippen LogP contribution in [0.4, 0.5) is 11.4 Å². The zero-order valence-electron chi connectivity index (χ0n) is 15.8. The Hall–Kier alpha value is -2.49. The van der Waals surface area contributed by atoms with E-state index in [1.165, 1.54) is 5.56 Å². The molecule has 0 bridgehead atoms. The average molecular weight is 340 g/mol. The van der Waals surface area contributed by atoms with Crippen molar-refractivity contribution in [2.24, 2.45) is 5.92 Å². The normalized spacial score (nSPS) is 10.6. The molecule has 0 heterocycles. The summed E-state index contributed by atoms with van der Waals surface area (Å²) in [7, 11) is 0.